The van der Waals surface area contributed by atoms with Crippen LogP contribution >= 0.6 is 0 Å². The first-order valence-electron chi connectivity index (χ1n) is 23.1. The van der Waals surface area contributed by atoms with Crippen molar-refractivity contribution in [3.05, 3.63) is 55.6 Å². The summed E-state index contributed by atoms with van der Waals surface area (Å²) in [5.74, 6) is 0. The molecular formula is C50H90Fe. The zero-order valence-corrected chi connectivity index (χ0v) is 37.7. The van der Waals surface area contributed by atoms with Crippen LogP contribution < -0.4 is 0 Å². The average Bonchev–Trinajstić information content (AvgIpc) is 3.57. The second-order valence-corrected chi connectivity index (χ2v) is 15.8. The van der Waals surface area contributed by atoms with E-state index in [4.69, 9.17) is 0 Å². The molecule has 0 aliphatic heterocycles. The standard InChI is InChI=1S/2C25H45.Fe/c2*1-6-11-16-21-22(17-12-7-2)24(19-14-9-4)25(20-15-10-5)23(21)18-13-8-3;/h2*6-20H2,1-5H3;/q2*-1;+2. The molecule has 0 spiro atoms. The van der Waals surface area contributed by atoms with Crippen LogP contribution in [0.5, 0.6) is 0 Å². The van der Waals surface area contributed by atoms with Gasteiger partial charge in [-0.15, -0.1) is 0 Å². The minimum absolute atomic E-state index is 0. The Morgan fingerprint density at radius 2 is 0.431 bits per heavy atom. The second kappa shape index (κ2) is 32.6. The molecule has 0 amide bonds. The Bertz CT molecular complexity index is 761. The predicted octanol–water partition coefficient (Wildman–Crippen LogP) is 16.2. The van der Waals surface area contributed by atoms with E-state index in [1.54, 1.807) is 55.6 Å². The maximum absolute atomic E-state index is 2.34. The summed E-state index contributed by atoms with van der Waals surface area (Å²) in [6, 6.07) is 0. The third kappa shape index (κ3) is 17.5. The largest absolute Gasteiger partial charge is 2.00 e. The first-order chi connectivity index (χ1) is 24.5. The van der Waals surface area contributed by atoms with Crippen LogP contribution in [-0.4, -0.2) is 0 Å². The van der Waals surface area contributed by atoms with E-state index in [9.17, 15) is 0 Å². The van der Waals surface area contributed by atoms with Crippen molar-refractivity contribution in [2.45, 2.75) is 262 Å². The summed E-state index contributed by atoms with van der Waals surface area (Å²) < 4.78 is 0. The molecule has 0 aliphatic carbocycles. The van der Waals surface area contributed by atoms with Crippen molar-refractivity contribution < 1.29 is 17.1 Å². The molecule has 0 fully saturated rings. The van der Waals surface area contributed by atoms with Crippen molar-refractivity contribution in [2.75, 3.05) is 0 Å². The van der Waals surface area contributed by atoms with Gasteiger partial charge in [-0.2, -0.15) is 55.6 Å². The SMILES string of the molecule is CCCCc1c(CCCC)c(CCCC)[c-](CCCC)c1CCCC.CCCCc1c(CCCC)c(CCCC)[c-](CCCC)c1CCCC.[Fe+2]. The number of rotatable bonds is 30. The zero-order valence-electron chi connectivity index (χ0n) is 36.6. The van der Waals surface area contributed by atoms with Crippen LogP contribution in [0.15, 0.2) is 0 Å². The number of hydrogen-bond acceptors (Lipinski definition) is 0. The molecule has 0 unspecified atom stereocenters. The van der Waals surface area contributed by atoms with Gasteiger partial charge in [-0.1, -0.05) is 262 Å². The molecule has 0 saturated carbocycles. The van der Waals surface area contributed by atoms with Gasteiger partial charge in [0.15, 0.2) is 0 Å². The Morgan fingerprint density at radius 1 is 0.255 bits per heavy atom. The predicted molar refractivity (Wildman–Crippen MR) is 230 cm³/mol. The van der Waals surface area contributed by atoms with E-state index < -0.39 is 0 Å². The van der Waals surface area contributed by atoms with Crippen molar-refractivity contribution in [1.29, 1.82) is 0 Å². The Kier molecular flexibility index (Phi) is 32.1. The third-order valence-electron chi connectivity index (χ3n) is 11.4. The first-order valence-corrected chi connectivity index (χ1v) is 23.1. The van der Waals surface area contributed by atoms with E-state index >= 15 is 0 Å². The van der Waals surface area contributed by atoms with Crippen molar-refractivity contribution in [3.8, 4) is 0 Å². The van der Waals surface area contributed by atoms with Gasteiger partial charge < -0.3 is 0 Å². The molecule has 51 heavy (non-hydrogen) atoms. The smallest absolute Gasteiger partial charge is 0.192 e. The number of unbranched alkanes of at least 4 members (excludes halogenated alkanes) is 10. The van der Waals surface area contributed by atoms with E-state index in [0.717, 1.165) is 0 Å². The molecule has 0 atom stereocenters. The summed E-state index contributed by atoms with van der Waals surface area (Å²) in [4.78, 5) is 0. The zero-order chi connectivity index (χ0) is 37.0. The molecular weight excluding hydrogens is 656 g/mol. The Labute approximate surface area is 333 Å². The second-order valence-electron chi connectivity index (χ2n) is 15.8. The van der Waals surface area contributed by atoms with E-state index in [-0.39, 0.29) is 17.1 Å². The van der Waals surface area contributed by atoms with Crippen molar-refractivity contribution in [1.82, 2.24) is 0 Å². The Hall–Kier alpha value is -0.781. The Morgan fingerprint density at radius 3 is 0.608 bits per heavy atom. The minimum Gasteiger partial charge on any atom is -0.192 e. The number of hydrogen-bond donors (Lipinski definition) is 0. The van der Waals surface area contributed by atoms with E-state index in [2.05, 4.69) is 69.2 Å². The molecule has 2 rings (SSSR count). The van der Waals surface area contributed by atoms with Crippen molar-refractivity contribution >= 4 is 0 Å². The van der Waals surface area contributed by atoms with Gasteiger partial charge in [0.1, 0.15) is 0 Å². The van der Waals surface area contributed by atoms with Crippen LogP contribution in [0, 0.1) is 0 Å². The molecule has 0 bridgehead atoms. The van der Waals surface area contributed by atoms with Crippen molar-refractivity contribution in [3.63, 3.8) is 0 Å². The van der Waals surface area contributed by atoms with Gasteiger partial charge >= 0.3 is 17.1 Å². The van der Waals surface area contributed by atoms with Gasteiger partial charge in [-0.3, -0.25) is 0 Å². The van der Waals surface area contributed by atoms with Gasteiger partial charge in [0.25, 0.3) is 0 Å². The van der Waals surface area contributed by atoms with Crippen LogP contribution in [0.2, 0.25) is 0 Å². The van der Waals surface area contributed by atoms with Gasteiger partial charge in [0, 0.05) is 0 Å². The normalized spacial score (nSPS) is 11.2. The quantitative estimate of drug-likeness (QED) is 0.0552. The van der Waals surface area contributed by atoms with E-state index in [1.165, 1.54) is 193 Å². The van der Waals surface area contributed by atoms with Gasteiger partial charge in [0.2, 0.25) is 0 Å². The van der Waals surface area contributed by atoms with Crippen LogP contribution in [0.1, 0.15) is 253 Å². The molecule has 2 aromatic rings. The maximum Gasteiger partial charge on any atom is 2.00 e. The summed E-state index contributed by atoms with van der Waals surface area (Å²) in [6.07, 6.45) is 40.2. The van der Waals surface area contributed by atoms with E-state index in [1.807, 2.05) is 0 Å². The van der Waals surface area contributed by atoms with E-state index in [0.29, 0.717) is 0 Å². The third-order valence-corrected chi connectivity index (χ3v) is 11.4. The van der Waals surface area contributed by atoms with Crippen LogP contribution in [0.3, 0.4) is 0 Å². The summed E-state index contributed by atoms with van der Waals surface area (Å²) >= 11 is 0. The maximum atomic E-state index is 2.34. The van der Waals surface area contributed by atoms with Gasteiger partial charge in [0.05, 0.1) is 0 Å². The average molecular weight is 747 g/mol. The summed E-state index contributed by atoms with van der Waals surface area (Å²) in [5.41, 5.74) is 18.1. The molecule has 298 valence electrons. The molecule has 2 aromatic carbocycles. The monoisotopic (exact) mass is 747 g/mol. The molecule has 0 heterocycles. The van der Waals surface area contributed by atoms with Gasteiger partial charge in [-0.25, -0.2) is 0 Å². The fourth-order valence-electron chi connectivity index (χ4n) is 8.37. The molecule has 0 nitrogen and oxygen atoms in total. The Balaban J connectivity index is 0.000000962. The molecule has 0 aliphatic rings. The van der Waals surface area contributed by atoms with Crippen LogP contribution in [0.25, 0.3) is 0 Å². The summed E-state index contributed by atoms with van der Waals surface area (Å²) in [7, 11) is 0. The molecule has 0 saturated heterocycles. The first kappa shape index (κ1) is 50.2. The molecule has 0 aromatic heterocycles. The minimum atomic E-state index is 0. The summed E-state index contributed by atoms with van der Waals surface area (Å²) in [6.45, 7) is 23.4. The molecule has 0 N–H and O–H groups in total. The topological polar surface area (TPSA) is 0 Å². The summed E-state index contributed by atoms with van der Waals surface area (Å²) in [5, 5.41) is 0. The fourth-order valence-corrected chi connectivity index (χ4v) is 8.37. The van der Waals surface area contributed by atoms with Crippen LogP contribution in [-0.2, 0) is 81.3 Å². The fraction of sp³-hybridized carbons (Fsp3) is 0.800. The van der Waals surface area contributed by atoms with Crippen molar-refractivity contribution in [2.24, 2.45) is 0 Å². The molecule has 0 radical (unpaired) electrons. The van der Waals surface area contributed by atoms with Gasteiger partial charge in [-0.05, 0) is 0 Å². The van der Waals surface area contributed by atoms with Crippen LogP contribution in [0.4, 0.5) is 0 Å². The molecule has 1 heteroatoms.